The molecule has 29 heavy (non-hydrogen) atoms. The molecule has 0 aliphatic carbocycles. The predicted molar refractivity (Wildman–Crippen MR) is 121 cm³/mol. The highest BCUT2D eigenvalue weighted by Gasteiger charge is 2.24. The molecule has 0 aliphatic heterocycles. The van der Waals surface area contributed by atoms with Crippen LogP contribution < -0.4 is 10.0 Å². The summed E-state index contributed by atoms with van der Waals surface area (Å²) >= 11 is 4.72. The molecule has 0 saturated carbocycles. The van der Waals surface area contributed by atoms with E-state index in [0.29, 0.717) is 9.60 Å². The van der Waals surface area contributed by atoms with Crippen LogP contribution in [0.4, 0.5) is 5.13 Å². The molecule has 0 aliphatic rings. The molecule has 0 atom stereocenters. The summed E-state index contributed by atoms with van der Waals surface area (Å²) in [5, 5.41) is 3.25. The summed E-state index contributed by atoms with van der Waals surface area (Å²) in [7, 11) is -3.76. The van der Waals surface area contributed by atoms with Crippen molar-refractivity contribution in [2.24, 2.45) is 0 Å². The second-order valence-corrected chi connectivity index (χ2v) is 11.5. The first-order valence-corrected chi connectivity index (χ1v) is 12.0. The lowest BCUT2D eigenvalue weighted by Crippen LogP contribution is -2.40. The minimum Gasteiger partial charge on any atom is -0.298 e. The zero-order valence-corrected chi connectivity index (χ0v) is 20.0. The third-order valence-electron chi connectivity index (χ3n) is 3.98. The Kier molecular flexibility index (Phi) is 5.88. The van der Waals surface area contributed by atoms with Crippen molar-refractivity contribution in [3.8, 4) is 0 Å². The van der Waals surface area contributed by atoms with E-state index in [-0.39, 0.29) is 10.5 Å². The summed E-state index contributed by atoms with van der Waals surface area (Å²) in [6, 6.07) is 8.44. The Morgan fingerprint density at radius 3 is 2.48 bits per heavy atom. The smallest absolute Gasteiger partial charge is 0.258 e. The molecule has 9 heteroatoms. The molecule has 0 spiro atoms. The Balaban J connectivity index is 1.93. The number of amides is 1. The molecule has 6 nitrogen and oxygen atoms in total. The van der Waals surface area contributed by atoms with Crippen LogP contribution in [0.2, 0.25) is 0 Å². The van der Waals surface area contributed by atoms with Crippen LogP contribution in [0.25, 0.3) is 10.2 Å². The Labute approximate surface area is 182 Å². The summed E-state index contributed by atoms with van der Waals surface area (Å²) in [5.74, 6) is -0.432. The van der Waals surface area contributed by atoms with Gasteiger partial charge in [-0.1, -0.05) is 17.4 Å². The quantitative estimate of drug-likeness (QED) is 0.532. The number of aryl methyl sites for hydroxylation is 2. The lowest BCUT2D eigenvalue weighted by molar-refractivity contribution is 0.102. The molecule has 1 aromatic heterocycles. The van der Waals surface area contributed by atoms with Gasteiger partial charge >= 0.3 is 0 Å². The van der Waals surface area contributed by atoms with Gasteiger partial charge in [-0.15, -0.1) is 0 Å². The highest BCUT2D eigenvalue weighted by Crippen LogP contribution is 2.30. The van der Waals surface area contributed by atoms with Crippen LogP contribution in [0.3, 0.4) is 0 Å². The number of benzene rings is 2. The lowest BCUT2D eigenvalue weighted by atomic mass is 10.1. The van der Waals surface area contributed by atoms with Crippen LogP contribution in [0.5, 0.6) is 0 Å². The van der Waals surface area contributed by atoms with Gasteiger partial charge in [-0.2, -0.15) is 0 Å². The largest absolute Gasteiger partial charge is 0.298 e. The van der Waals surface area contributed by atoms with Crippen LogP contribution >= 0.6 is 27.3 Å². The predicted octanol–water partition coefficient (Wildman–Crippen LogP) is 5.00. The number of anilines is 1. The van der Waals surface area contributed by atoms with Gasteiger partial charge < -0.3 is 0 Å². The molecular weight excluding hydrogens is 474 g/mol. The van der Waals surface area contributed by atoms with E-state index in [4.69, 9.17) is 0 Å². The number of carbonyl (C=O) groups excluding carboxylic acids is 1. The SMILES string of the molecule is Cc1cc(C)c2nc(NC(=O)c3cc(S(=O)(=O)NC(C)(C)C)ccc3Br)sc2c1. The third-order valence-corrected chi connectivity index (χ3v) is 7.35. The van der Waals surface area contributed by atoms with Gasteiger partial charge in [0.25, 0.3) is 5.91 Å². The zero-order valence-electron chi connectivity index (χ0n) is 16.8. The fourth-order valence-corrected chi connectivity index (χ4v) is 5.80. The van der Waals surface area contributed by atoms with E-state index in [1.807, 2.05) is 26.0 Å². The maximum absolute atomic E-state index is 12.8. The van der Waals surface area contributed by atoms with Crippen LogP contribution in [-0.2, 0) is 10.0 Å². The lowest BCUT2D eigenvalue weighted by Gasteiger charge is -2.20. The summed E-state index contributed by atoms with van der Waals surface area (Å²) in [6.07, 6.45) is 0. The van der Waals surface area contributed by atoms with Gasteiger partial charge in [0.1, 0.15) is 0 Å². The Hall–Kier alpha value is -1.81. The first kappa shape index (κ1) is 21.9. The summed E-state index contributed by atoms with van der Waals surface area (Å²) in [5.41, 5.74) is 2.60. The van der Waals surface area contributed by atoms with E-state index in [1.165, 1.54) is 23.5 Å². The van der Waals surface area contributed by atoms with Crippen molar-refractivity contribution in [3.63, 3.8) is 0 Å². The minimum atomic E-state index is -3.76. The second kappa shape index (κ2) is 7.79. The third kappa shape index (κ3) is 5.03. The molecule has 2 aromatic carbocycles. The zero-order chi connectivity index (χ0) is 21.6. The topological polar surface area (TPSA) is 88.2 Å². The molecule has 1 heterocycles. The number of hydrogen-bond donors (Lipinski definition) is 2. The first-order valence-electron chi connectivity index (χ1n) is 8.88. The average molecular weight is 496 g/mol. The number of sulfonamides is 1. The summed E-state index contributed by atoms with van der Waals surface area (Å²) in [4.78, 5) is 17.4. The molecule has 0 radical (unpaired) electrons. The van der Waals surface area contributed by atoms with E-state index in [9.17, 15) is 13.2 Å². The molecule has 3 rings (SSSR count). The van der Waals surface area contributed by atoms with Gasteiger partial charge in [0, 0.05) is 10.0 Å². The van der Waals surface area contributed by atoms with Gasteiger partial charge in [0.2, 0.25) is 10.0 Å². The van der Waals surface area contributed by atoms with Crippen LogP contribution in [0, 0.1) is 13.8 Å². The molecule has 3 aromatic rings. The molecular formula is C20H22BrN3O3S2. The highest BCUT2D eigenvalue weighted by molar-refractivity contribution is 9.10. The number of nitrogens with zero attached hydrogens (tertiary/aromatic N) is 1. The van der Waals surface area contributed by atoms with Crippen molar-refractivity contribution in [1.29, 1.82) is 0 Å². The van der Waals surface area contributed by atoms with Crippen molar-refractivity contribution >= 4 is 58.5 Å². The molecule has 0 bridgehead atoms. The van der Waals surface area contributed by atoms with Crippen molar-refractivity contribution in [1.82, 2.24) is 9.71 Å². The highest BCUT2D eigenvalue weighted by atomic mass is 79.9. The van der Waals surface area contributed by atoms with Crippen LogP contribution in [-0.4, -0.2) is 24.8 Å². The fraction of sp³-hybridized carbons (Fsp3) is 0.300. The van der Waals surface area contributed by atoms with E-state index in [0.717, 1.165) is 21.3 Å². The van der Waals surface area contributed by atoms with Gasteiger partial charge in [-0.05, 0) is 85.9 Å². The van der Waals surface area contributed by atoms with Crippen LogP contribution in [0.1, 0.15) is 42.3 Å². The Morgan fingerprint density at radius 2 is 1.83 bits per heavy atom. The number of nitrogens with one attached hydrogen (secondary N) is 2. The molecule has 0 unspecified atom stereocenters. The van der Waals surface area contributed by atoms with Gasteiger partial charge in [-0.25, -0.2) is 18.1 Å². The standard InChI is InChI=1S/C20H22BrN3O3S2/c1-11-8-12(2)17-16(9-11)28-19(22-17)23-18(25)14-10-13(6-7-15(14)21)29(26,27)24-20(3,4)5/h6-10,24H,1-5H3,(H,22,23,25). The molecule has 0 fully saturated rings. The van der Waals surface area contributed by atoms with Crippen molar-refractivity contribution in [2.45, 2.75) is 45.1 Å². The number of hydrogen-bond acceptors (Lipinski definition) is 5. The number of carbonyl (C=O) groups is 1. The Morgan fingerprint density at radius 1 is 1.14 bits per heavy atom. The second-order valence-electron chi connectivity index (χ2n) is 7.90. The van der Waals surface area contributed by atoms with Gasteiger partial charge in [0.05, 0.1) is 20.7 Å². The number of fused-ring (bicyclic) bond motifs is 1. The maximum atomic E-state index is 12.8. The number of thiazole rings is 1. The summed E-state index contributed by atoms with van der Waals surface area (Å²) < 4.78 is 29.3. The van der Waals surface area contributed by atoms with E-state index in [2.05, 4.69) is 31.0 Å². The van der Waals surface area contributed by atoms with E-state index >= 15 is 0 Å². The molecule has 1 amide bonds. The maximum Gasteiger partial charge on any atom is 0.258 e. The van der Waals surface area contributed by atoms with Gasteiger partial charge in [-0.3, -0.25) is 10.1 Å². The first-order chi connectivity index (χ1) is 13.4. The number of aromatic nitrogens is 1. The number of halogens is 1. The van der Waals surface area contributed by atoms with Crippen molar-refractivity contribution < 1.29 is 13.2 Å². The van der Waals surface area contributed by atoms with Crippen molar-refractivity contribution in [3.05, 3.63) is 51.5 Å². The molecule has 154 valence electrons. The van der Waals surface area contributed by atoms with E-state index in [1.54, 1.807) is 26.8 Å². The molecule has 0 saturated heterocycles. The van der Waals surface area contributed by atoms with Crippen LogP contribution in [0.15, 0.2) is 39.7 Å². The van der Waals surface area contributed by atoms with E-state index < -0.39 is 21.5 Å². The van der Waals surface area contributed by atoms with Gasteiger partial charge in [0.15, 0.2) is 5.13 Å². The fourth-order valence-electron chi connectivity index (χ4n) is 2.90. The Bertz CT molecular complexity index is 1210. The number of rotatable bonds is 4. The monoisotopic (exact) mass is 495 g/mol. The summed E-state index contributed by atoms with van der Waals surface area (Å²) in [6.45, 7) is 9.27. The van der Waals surface area contributed by atoms with Crippen molar-refractivity contribution in [2.75, 3.05) is 5.32 Å². The minimum absolute atomic E-state index is 0.0246. The molecule has 2 N–H and O–H groups in total. The normalized spacial score (nSPS) is 12.3. The average Bonchev–Trinajstić information content (AvgIpc) is 2.95.